The van der Waals surface area contributed by atoms with Crippen LogP contribution >= 0.6 is 0 Å². The summed E-state index contributed by atoms with van der Waals surface area (Å²) in [7, 11) is 1.74. The number of aromatic nitrogens is 1. The van der Waals surface area contributed by atoms with Crippen molar-refractivity contribution in [2.45, 2.75) is 13.0 Å². The van der Waals surface area contributed by atoms with E-state index in [-0.39, 0.29) is 17.6 Å². The van der Waals surface area contributed by atoms with Crippen LogP contribution in [0, 0.1) is 0 Å². The van der Waals surface area contributed by atoms with E-state index in [1.807, 2.05) is 25.1 Å². The van der Waals surface area contributed by atoms with Crippen molar-refractivity contribution in [3.8, 4) is 0 Å². The van der Waals surface area contributed by atoms with E-state index in [1.165, 1.54) is 6.07 Å². The van der Waals surface area contributed by atoms with Gasteiger partial charge in [-0.1, -0.05) is 6.07 Å². The number of amides is 2. The molecule has 1 aliphatic heterocycles. The number of fused-ring (bicyclic) bond motifs is 1. The van der Waals surface area contributed by atoms with Crippen LogP contribution in [0.15, 0.2) is 40.2 Å². The molecule has 2 amide bonds. The van der Waals surface area contributed by atoms with Crippen LogP contribution in [0.25, 0.3) is 10.9 Å². The highest BCUT2D eigenvalue weighted by Crippen LogP contribution is 2.16. The van der Waals surface area contributed by atoms with E-state index in [1.54, 1.807) is 17.7 Å². The first-order valence-corrected chi connectivity index (χ1v) is 6.30. The minimum absolute atomic E-state index is 0.0393. The van der Waals surface area contributed by atoms with Gasteiger partial charge >= 0.3 is 6.03 Å². The molecule has 3 rings (SSSR count). The zero-order valence-corrected chi connectivity index (χ0v) is 11.2. The van der Waals surface area contributed by atoms with Crippen LogP contribution in [-0.2, 0) is 7.05 Å². The van der Waals surface area contributed by atoms with Crippen LogP contribution in [0.3, 0.4) is 0 Å². The maximum atomic E-state index is 11.6. The molecule has 6 heteroatoms. The van der Waals surface area contributed by atoms with Crippen molar-refractivity contribution in [1.82, 2.24) is 15.3 Å². The first-order chi connectivity index (χ1) is 9.56. The molecule has 20 heavy (non-hydrogen) atoms. The Bertz CT molecular complexity index is 791. The average Bonchev–Trinajstić information content (AvgIpc) is 2.43. The Labute approximate surface area is 115 Å². The monoisotopic (exact) mass is 270 g/mol. The van der Waals surface area contributed by atoms with Crippen molar-refractivity contribution in [3.63, 3.8) is 0 Å². The van der Waals surface area contributed by atoms with Crippen LogP contribution in [0.4, 0.5) is 4.79 Å². The van der Waals surface area contributed by atoms with Crippen LogP contribution in [0.5, 0.6) is 0 Å². The van der Waals surface area contributed by atoms with Gasteiger partial charge in [0.15, 0.2) is 0 Å². The molecular formula is C14H14N4O2. The van der Waals surface area contributed by atoms with Gasteiger partial charge in [0.25, 0.3) is 5.56 Å². The van der Waals surface area contributed by atoms with Gasteiger partial charge in [-0.25, -0.2) is 10.2 Å². The van der Waals surface area contributed by atoms with Crippen molar-refractivity contribution in [1.29, 1.82) is 0 Å². The number of aryl methyl sites for hydroxylation is 1. The van der Waals surface area contributed by atoms with E-state index in [0.717, 1.165) is 22.2 Å². The molecule has 2 aromatic rings. The van der Waals surface area contributed by atoms with Gasteiger partial charge < -0.3 is 9.88 Å². The summed E-state index contributed by atoms with van der Waals surface area (Å²) in [6, 6.07) is 8.62. The minimum atomic E-state index is -0.301. The number of hydrogen-bond acceptors (Lipinski definition) is 3. The fraction of sp³-hybridized carbons (Fsp3) is 0.214. The van der Waals surface area contributed by atoms with Gasteiger partial charge in [-0.15, -0.1) is 0 Å². The predicted octanol–water partition coefficient (Wildman–Crippen LogP) is 0.944. The van der Waals surface area contributed by atoms with Crippen molar-refractivity contribution < 1.29 is 4.79 Å². The van der Waals surface area contributed by atoms with Crippen molar-refractivity contribution in [2.75, 3.05) is 0 Å². The van der Waals surface area contributed by atoms with Gasteiger partial charge in [-0.05, 0) is 30.5 Å². The number of nitrogens with one attached hydrogen (secondary N) is 2. The molecule has 1 aromatic heterocycles. The smallest absolute Gasteiger partial charge is 0.328 e. The van der Waals surface area contributed by atoms with Gasteiger partial charge in [0.1, 0.15) is 0 Å². The third-order valence-electron chi connectivity index (χ3n) is 3.46. The fourth-order valence-corrected chi connectivity index (χ4v) is 2.36. The number of carbonyl (C=O) groups excluding carboxylic acids is 1. The Hall–Kier alpha value is -2.63. The maximum Gasteiger partial charge on any atom is 0.335 e. The summed E-state index contributed by atoms with van der Waals surface area (Å²) >= 11 is 0. The molecule has 0 saturated heterocycles. The summed E-state index contributed by atoms with van der Waals surface area (Å²) in [6.45, 7) is 1.88. The second-order valence-electron chi connectivity index (χ2n) is 4.81. The highest BCUT2D eigenvalue weighted by Gasteiger charge is 2.20. The lowest BCUT2D eigenvalue weighted by molar-refractivity contribution is 0.239. The minimum Gasteiger partial charge on any atom is -0.328 e. The van der Waals surface area contributed by atoms with Gasteiger partial charge in [0, 0.05) is 18.7 Å². The number of pyridine rings is 1. The van der Waals surface area contributed by atoms with Crippen LogP contribution < -0.4 is 16.3 Å². The summed E-state index contributed by atoms with van der Waals surface area (Å²) in [5.41, 5.74) is 4.91. The number of urea groups is 1. The average molecular weight is 270 g/mol. The molecule has 0 fully saturated rings. The molecule has 0 radical (unpaired) electrons. The topological polar surface area (TPSA) is 75.5 Å². The highest BCUT2D eigenvalue weighted by molar-refractivity contribution is 6.08. The van der Waals surface area contributed by atoms with Crippen molar-refractivity contribution in [3.05, 3.63) is 46.2 Å². The molecule has 6 nitrogen and oxygen atoms in total. The number of benzene rings is 1. The van der Waals surface area contributed by atoms with Gasteiger partial charge in [-0.2, -0.15) is 5.10 Å². The quantitative estimate of drug-likeness (QED) is 0.809. The maximum absolute atomic E-state index is 11.6. The molecule has 1 atom stereocenters. The van der Waals surface area contributed by atoms with E-state index >= 15 is 0 Å². The third kappa shape index (κ3) is 1.95. The standard InChI is InChI=1S/C14H14N4O2/c1-8-13(16-17-14(20)15-8)10-3-5-11-9(7-10)4-6-12(19)18(11)2/h3-8H,1-2H3,(H2,15,17,20). The first-order valence-electron chi connectivity index (χ1n) is 6.30. The molecule has 0 saturated carbocycles. The van der Waals surface area contributed by atoms with E-state index in [9.17, 15) is 9.59 Å². The number of nitrogens with zero attached hydrogens (tertiary/aromatic N) is 2. The molecule has 1 aromatic carbocycles. The van der Waals surface area contributed by atoms with E-state index in [0.29, 0.717) is 0 Å². The molecular weight excluding hydrogens is 256 g/mol. The second-order valence-corrected chi connectivity index (χ2v) is 4.81. The molecule has 2 N–H and O–H groups in total. The Kier molecular flexibility index (Phi) is 2.78. The largest absolute Gasteiger partial charge is 0.335 e. The zero-order chi connectivity index (χ0) is 14.3. The Morgan fingerprint density at radius 1 is 1.20 bits per heavy atom. The lowest BCUT2D eigenvalue weighted by Crippen LogP contribution is -2.48. The molecule has 1 unspecified atom stereocenters. The number of rotatable bonds is 1. The van der Waals surface area contributed by atoms with E-state index in [2.05, 4.69) is 15.8 Å². The van der Waals surface area contributed by atoms with Crippen LogP contribution in [-0.4, -0.2) is 22.4 Å². The molecule has 0 bridgehead atoms. The Balaban J connectivity index is 2.12. The SMILES string of the molecule is CC1NC(=O)NN=C1c1ccc2c(ccc(=O)n2C)c1. The normalized spacial score (nSPS) is 18.4. The fourth-order valence-electron chi connectivity index (χ4n) is 2.36. The Morgan fingerprint density at radius 2 is 2.00 bits per heavy atom. The van der Waals surface area contributed by atoms with Gasteiger partial charge in [0.05, 0.1) is 17.3 Å². The molecule has 0 spiro atoms. The van der Waals surface area contributed by atoms with Crippen molar-refractivity contribution in [2.24, 2.45) is 12.1 Å². The number of hydrazone groups is 1. The lowest BCUT2D eigenvalue weighted by atomic mass is 10.0. The van der Waals surface area contributed by atoms with Gasteiger partial charge in [-0.3, -0.25) is 4.79 Å². The number of carbonyl (C=O) groups is 1. The summed E-state index contributed by atoms with van der Waals surface area (Å²) in [5.74, 6) is 0. The van der Waals surface area contributed by atoms with E-state index in [4.69, 9.17) is 0 Å². The molecule has 2 heterocycles. The molecule has 102 valence electrons. The van der Waals surface area contributed by atoms with Crippen LogP contribution in [0.2, 0.25) is 0 Å². The van der Waals surface area contributed by atoms with E-state index < -0.39 is 0 Å². The summed E-state index contributed by atoms with van der Waals surface area (Å²) in [4.78, 5) is 22.8. The lowest BCUT2D eigenvalue weighted by Gasteiger charge is -2.21. The summed E-state index contributed by atoms with van der Waals surface area (Å²) in [6.07, 6.45) is 0. The van der Waals surface area contributed by atoms with Crippen molar-refractivity contribution >= 4 is 22.6 Å². The third-order valence-corrected chi connectivity index (χ3v) is 3.46. The van der Waals surface area contributed by atoms with Gasteiger partial charge in [0.2, 0.25) is 0 Å². The predicted molar refractivity (Wildman–Crippen MR) is 76.9 cm³/mol. The molecule has 0 aliphatic carbocycles. The summed E-state index contributed by atoms with van der Waals surface area (Å²) < 4.78 is 1.60. The summed E-state index contributed by atoms with van der Waals surface area (Å²) in [5, 5.41) is 7.81. The Morgan fingerprint density at radius 3 is 2.75 bits per heavy atom. The second kappa shape index (κ2) is 4.48. The highest BCUT2D eigenvalue weighted by atomic mass is 16.2. The number of hydrogen-bond donors (Lipinski definition) is 2. The molecule has 1 aliphatic rings. The first kappa shape index (κ1) is 12.4. The zero-order valence-electron chi connectivity index (χ0n) is 11.2. The van der Waals surface area contributed by atoms with Crippen LogP contribution in [0.1, 0.15) is 12.5 Å².